The van der Waals surface area contributed by atoms with E-state index in [1.165, 1.54) is 0 Å². The van der Waals surface area contributed by atoms with Gasteiger partial charge in [-0.25, -0.2) is 0 Å². The van der Waals surface area contributed by atoms with Crippen molar-refractivity contribution in [3.63, 3.8) is 0 Å². The maximum absolute atomic E-state index is 12.4. The van der Waals surface area contributed by atoms with E-state index in [-0.39, 0.29) is 16.9 Å². The highest BCUT2D eigenvalue weighted by molar-refractivity contribution is 7.90. The van der Waals surface area contributed by atoms with Crippen molar-refractivity contribution < 1.29 is 18.0 Å². The molecule has 1 atom stereocenters. The third kappa shape index (κ3) is 2.78. The Morgan fingerprint density at radius 2 is 1.92 bits per heavy atom. The van der Waals surface area contributed by atoms with Crippen molar-refractivity contribution in [1.29, 1.82) is 0 Å². The lowest BCUT2D eigenvalue weighted by atomic mass is 10.1. The quantitative estimate of drug-likeness (QED) is 0.723. The SMILES string of the molecule is CC1CC(C(=O)N2CCN(C3=NS(=O)(=O)c4ccccc43)CC2)=NO1. The molecular weight excluding hydrogens is 344 g/mol. The molecule has 1 amide bonds. The van der Waals surface area contributed by atoms with Crippen molar-refractivity contribution in [3.8, 4) is 0 Å². The highest BCUT2D eigenvalue weighted by atomic mass is 32.2. The van der Waals surface area contributed by atoms with Crippen LogP contribution in [0.4, 0.5) is 0 Å². The summed E-state index contributed by atoms with van der Waals surface area (Å²) in [7, 11) is -3.62. The van der Waals surface area contributed by atoms with E-state index in [0.717, 1.165) is 0 Å². The van der Waals surface area contributed by atoms with Gasteiger partial charge in [0.05, 0.1) is 0 Å². The van der Waals surface area contributed by atoms with E-state index in [1.807, 2.05) is 11.8 Å². The normalized spacial score (nSPS) is 24.4. The van der Waals surface area contributed by atoms with Crippen LogP contribution in [0, 0.1) is 0 Å². The first-order valence-corrected chi connectivity index (χ1v) is 9.61. The van der Waals surface area contributed by atoms with Crippen LogP contribution in [0.2, 0.25) is 0 Å². The fraction of sp³-hybridized carbons (Fsp3) is 0.438. The van der Waals surface area contributed by atoms with E-state index in [4.69, 9.17) is 4.84 Å². The Bertz CT molecular complexity index is 885. The zero-order valence-electron chi connectivity index (χ0n) is 13.8. The largest absolute Gasteiger partial charge is 0.392 e. The molecule has 0 aliphatic carbocycles. The molecule has 3 aliphatic heterocycles. The van der Waals surface area contributed by atoms with Gasteiger partial charge in [0.1, 0.15) is 16.7 Å². The number of carbonyl (C=O) groups excluding carboxylic acids is 1. The topological polar surface area (TPSA) is 91.6 Å². The zero-order valence-corrected chi connectivity index (χ0v) is 14.6. The van der Waals surface area contributed by atoms with Crippen molar-refractivity contribution in [3.05, 3.63) is 29.8 Å². The number of oxime groups is 1. The molecule has 8 nitrogen and oxygen atoms in total. The van der Waals surface area contributed by atoms with Crippen LogP contribution in [0.5, 0.6) is 0 Å². The maximum atomic E-state index is 12.4. The first kappa shape index (κ1) is 16.1. The molecule has 0 aromatic heterocycles. The second-order valence-electron chi connectivity index (χ2n) is 6.32. The average Bonchev–Trinajstić information content (AvgIpc) is 3.16. The zero-order chi connectivity index (χ0) is 17.6. The van der Waals surface area contributed by atoms with Crippen molar-refractivity contribution in [2.24, 2.45) is 9.55 Å². The van der Waals surface area contributed by atoms with Gasteiger partial charge in [-0.15, -0.1) is 4.40 Å². The number of nitrogens with zero attached hydrogens (tertiary/aromatic N) is 4. The standard InChI is InChI=1S/C16H18N4O4S/c1-11-10-13(17-24-11)16(21)20-8-6-19(7-9-20)15-12-4-2-3-5-14(12)25(22,23)18-15/h2-5,11H,6-10H2,1H3. The summed E-state index contributed by atoms with van der Waals surface area (Å²) in [6.07, 6.45) is 0.465. The summed E-state index contributed by atoms with van der Waals surface area (Å²) in [5.41, 5.74) is 1.08. The smallest absolute Gasteiger partial charge is 0.285 e. The molecule has 1 aromatic carbocycles. The Hall–Kier alpha value is -2.42. The molecule has 132 valence electrons. The van der Waals surface area contributed by atoms with Gasteiger partial charge in [-0.1, -0.05) is 17.3 Å². The molecular formula is C16H18N4O4S. The molecule has 0 N–H and O–H groups in total. The van der Waals surface area contributed by atoms with Crippen molar-refractivity contribution in [2.75, 3.05) is 26.2 Å². The van der Waals surface area contributed by atoms with Crippen LogP contribution < -0.4 is 0 Å². The number of amidine groups is 1. The summed E-state index contributed by atoms with van der Waals surface area (Å²) in [5, 5.41) is 3.85. The maximum Gasteiger partial charge on any atom is 0.285 e. The lowest BCUT2D eigenvalue weighted by Gasteiger charge is -2.35. The Morgan fingerprint density at radius 1 is 1.20 bits per heavy atom. The van der Waals surface area contributed by atoms with Crippen LogP contribution in [-0.4, -0.2) is 68.0 Å². The van der Waals surface area contributed by atoms with Gasteiger partial charge in [0.2, 0.25) is 0 Å². The Kier molecular flexibility index (Phi) is 3.75. The third-order valence-electron chi connectivity index (χ3n) is 4.55. The molecule has 0 radical (unpaired) electrons. The Morgan fingerprint density at radius 3 is 2.60 bits per heavy atom. The van der Waals surface area contributed by atoms with E-state index < -0.39 is 10.0 Å². The Balaban J connectivity index is 1.47. The Labute approximate surface area is 145 Å². The number of hydrogen-bond donors (Lipinski definition) is 0. The van der Waals surface area contributed by atoms with Gasteiger partial charge in [-0.3, -0.25) is 4.79 Å². The second kappa shape index (κ2) is 5.83. The van der Waals surface area contributed by atoms with Gasteiger partial charge in [0, 0.05) is 38.2 Å². The summed E-state index contributed by atoms with van der Waals surface area (Å²) in [6.45, 7) is 3.91. The first-order valence-electron chi connectivity index (χ1n) is 8.17. The van der Waals surface area contributed by atoms with Gasteiger partial charge >= 0.3 is 0 Å². The minimum atomic E-state index is -3.62. The highest BCUT2D eigenvalue weighted by Crippen LogP contribution is 2.28. The van der Waals surface area contributed by atoms with Gasteiger partial charge in [0.15, 0.2) is 5.84 Å². The summed E-state index contributed by atoms with van der Waals surface area (Å²) in [4.78, 5) is 21.4. The summed E-state index contributed by atoms with van der Waals surface area (Å²) in [6, 6.07) is 6.83. The number of rotatable bonds is 1. The van der Waals surface area contributed by atoms with E-state index in [1.54, 1.807) is 29.2 Å². The minimum Gasteiger partial charge on any atom is -0.392 e. The molecule has 0 saturated carbocycles. The molecule has 1 unspecified atom stereocenters. The molecule has 3 aliphatic rings. The summed E-state index contributed by atoms with van der Waals surface area (Å²) < 4.78 is 28.3. The number of fused-ring (bicyclic) bond motifs is 1. The molecule has 0 bridgehead atoms. The molecule has 9 heteroatoms. The summed E-state index contributed by atoms with van der Waals surface area (Å²) in [5.74, 6) is 0.364. The van der Waals surface area contributed by atoms with E-state index in [9.17, 15) is 13.2 Å². The monoisotopic (exact) mass is 362 g/mol. The van der Waals surface area contributed by atoms with Gasteiger partial charge in [0.25, 0.3) is 15.9 Å². The van der Waals surface area contributed by atoms with Gasteiger partial charge < -0.3 is 14.6 Å². The molecule has 3 heterocycles. The average molecular weight is 362 g/mol. The molecule has 1 aromatic rings. The van der Waals surface area contributed by atoms with Crippen LogP contribution in [0.3, 0.4) is 0 Å². The fourth-order valence-corrected chi connectivity index (χ4v) is 4.47. The van der Waals surface area contributed by atoms with Crippen LogP contribution >= 0.6 is 0 Å². The van der Waals surface area contributed by atoms with Crippen LogP contribution in [0.25, 0.3) is 0 Å². The molecule has 1 saturated heterocycles. The van der Waals surface area contributed by atoms with Crippen molar-refractivity contribution >= 4 is 27.5 Å². The van der Waals surface area contributed by atoms with E-state index in [0.29, 0.717) is 49.7 Å². The number of sulfonamides is 1. The second-order valence-corrected chi connectivity index (χ2v) is 7.90. The summed E-state index contributed by atoms with van der Waals surface area (Å²) >= 11 is 0. The lowest BCUT2D eigenvalue weighted by molar-refractivity contribution is -0.125. The van der Waals surface area contributed by atoms with E-state index >= 15 is 0 Å². The molecule has 4 rings (SSSR count). The number of benzene rings is 1. The molecule has 0 spiro atoms. The van der Waals surface area contributed by atoms with Crippen LogP contribution in [-0.2, 0) is 19.7 Å². The lowest BCUT2D eigenvalue weighted by Crippen LogP contribution is -2.52. The number of carbonyl (C=O) groups is 1. The molecule has 1 fully saturated rings. The first-order chi connectivity index (χ1) is 12.0. The van der Waals surface area contributed by atoms with Gasteiger partial charge in [-0.2, -0.15) is 8.42 Å². The predicted molar refractivity (Wildman–Crippen MR) is 90.9 cm³/mol. The third-order valence-corrected chi connectivity index (χ3v) is 5.87. The van der Waals surface area contributed by atoms with Crippen LogP contribution in [0.15, 0.2) is 38.7 Å². The number of amides is 1. The highest BCUT2D eigenvalue weighted by Gasteiger charge is 2.34. The number of piperazine rings is 1. The predicted octanol–water partition coefficient (Wildman–Crippen LogP) is 0.444. The number of hydrogen-bond acceptors (Lipinski definition) is 6. The van der Waals surface area contributed by atoms with Crippen molar-refractivity contribution in [2.45, 2.75) is 24.3 Å². The van der Waals surface area contributed by atoms with E-state index in [2.05, 4.69) is 9.55 Å². The van der Waals surface area contributed by atoms with Gasteiger partial charge in [-0.05, 0) is 19.1 Å². The fourth-order valence-electron chi connectivity index (χ4n) is 3.25. The van der Waals surface area contributed by atoms with Crippen molar-refractivity contribution in [1.82, 2.24) is 9.80 Å². The minimum absolute atomic E-state index is 0.0604. The molecule has 25 heavy (non-hydrogen) atoms. The van der Waals surface area contributed by atoms with Crippen LogP contribution in [0.1, 0.15) is 18.9 Å².